The molecule has 118 valence electrons. The zero-order valence-corrected chi connectivity index (χ0v) is 12.9. The molecule has 1 saturated heterocycles. The highest BCUT2D eigenvalue weighted by molar-refractivity contribution is 6.03. The fraction of sp³-hybridized carbons (Fsp3) is 0.529. The summed E-state index contributed by atoms with van der Waals surface area (Å²) in [5, 5.41) is 0. The Kier molecular flexibility index (Phi) is 3.78. The molecule has 1 saturated carbocycles. The monoisotopic (exact) mass is 304 g/mol. The average molecular weight is 304 g/mol. The number of rotatable bonds is 4. The van der Waals surface area contributed by atoms with Gasteiger partial charge in [0.15, 0.2) is 11.6 Å². The number of ketones is 1. The lowest BCUT2D eigenvalue weighted by molar-refractivity contribution is -0.147. The maximum Gasteiger partial charge on any atom is 0.309 e. The fourth-order valence-electron chi connectivity index (χ4n) is 3.27. The first-order chi connectivity index (χ1) is 10.4. The molecule has 0 bridgehead atoms. The van der Waals surface area contributed by atoms with Crippen LogP contribution in [-0.2, 0) is 19.0 Å². The second-order valence-corrected chi connectivity index (χ2v) is 6.25. The van der Waals surface area contributed by atoms with Crippen LogP contribution in [0.15, 0.2) is 30.3 Å². The van der Waals surface area contributed by atoms with Crippen LogP contribution >= 0.6 is 0 Å². The van der Waals surface area contributed by atoms with Crippen molar-refractivity contribution in [2.75, 3.05) is 13.7 Å². The van der Waals surface area contributed by atoms with Gasteiger partial charge in [-0.2, -0.15) is 0 Å². The van der Waals surface area contributed by atoms with Crippen LogP contribution in [0.4, 0.5) is 0 Å². The molecule has 0 radical (unpaired) electrons. The summed E-state index contributed by atoms with van der Waals surface area (Å²) in [6.07, 6.45) is -0.253. The van der Waals surface area contributed by atoms with Gasteiger partial charge in [-0.1, -0.05) is 30.3 Å². The highest BCUT2D eigenvalue weighted by atomic mass is 16.7. The molecule has 3 rings (SSSR count). The molecule has 5 heteroatoms. The summed E-state index contributed by atoms with van der Waals surface area (Å²) in [7, 11) is 1.34. The highest BCUT2D eigenvalue weighted by Gasteiger charge is 2.64. The van der Waals surface area contributed by atoms with Crippen LogP contribution in [0.3, 0.4) is 0 Å². The Morgan fingerprint density at radius 1 is 1.18 bits per heavy atom. The van der Waals surface area contributed by atoms with E-state index < -0.39 is 17.6 Å². The van der Waals surface area contributed by atoms with Gasteiger partial charge in [-0.3, -0.25) is 9.59 Å². The van der Waals surface area contributed by atoms with E-state index in [-0.39, 0.29) is 23.8 Å². The van der Waals surface area contributed by atoms with Crippen molar-refractivity contribution in [1.29, 1.82) is 0 Å². The van der Waals surface area contributed by atoms with Crippen LogP contribution in [0.1, 0.15) is 24.2 Å². The SMILES string of the molecule is COC(=O)[C@@H]1[C@H](C(=O)c2ccccc2)[C@H]1[C@@H]1COC(C)(C)O1. The van der Waals surface area contributed by atoms with Crippen LogP contribution in [0, 0.1) is 17.8 Å². The van der Waals surface area contributed by atoms with Crippen LogP contribution in [0.25, 0.3) is 0 Å². The van der Waals surface area contributed by atoms with Gasteiger partial charge in [-0.05, 0) is 13.8 Å². The smallest absolute Gasteiger partial charge is 0.309 e. The van der Waals surface area contributed by atoms with Gasteiger partial charge in [0.2, 0.25) is 0 Å². The van der Waals surface area contributed by atoms with Crippen LogP contribution < -0.4 is 0 Å². The maximum absolute atomic E-state index is 12.7. The van der Waals surface area contributed by atoms with Gasteiger partial charge in [-0.15, -0.1) is 0 Å². The number of methoxy groups -OCH3 is 1. The third-order valence-corrected chi connectivity index (χ3v) is 4.37. The minimum atomic E-state index is -0.672. The summed E-state index contributed by atoms with van der Waals surface area (Å²) in [6.45, 7) is 4.05. The quantitative estimate of drug-likeness (QED) is 0.629. The summed E-state index contributed by atoms with van der Waals surface area (Å²) in [4.78, 5) is 24.6. The molecule has 1 heterocycles. The molecule has 0 spiro atoms. The van der Waals surface area contributed by atoms with Crippen molar-refractivity contribution >= 4 is 11.8 Å². The minimum absolute atomic E-state index is 0.0330. The van der Waals surface area contributed by atoms with Gasteiger partial charge in [0.25, 0.3) is 0 Å². The number of carbonyl (C=O) groups excluding carboxylic acids is 2. The normalized spacial score (nSPS) is 32.5. The summed E-state index contributed by atoms with van der Waals surface area (Å²) >= 11 is 0. The Labute approximate surface area is 129 Å². The van der Waals surface area contributed by atoms with E-state index >= 15 is 0 Å². The van der Waals surface area contributed by atoms with Crippen molar-refractivity contribution in [1.82, 2.24) is 0 Å². The molecule has 1 aromatic rings. The summed E-state index contributed by atoms with van der Waals surface area (Å²) in [5.74, 6) is -2.07. The van der Waals surface area contributed by atoms with E-state index in [0.717, 1.165) is 0 Å². The van der Waals surface area contributed by atoms with E-state index in [1.54, 1.807) is 12.1 Å². The predicted molar refractivity (Wildman–Crippen MR) is 78.2 cm³/mol. The first-order valence-electron chi connectivity index (χ1n) is 7.43. The highest BCUT2D eigenvalue weighted by Crippen LogP contribution is 2.53. The van der Waals surface area contributed by atoms with E-state index in [0.29, 0.717) is 12.2 Å². The Hall–Kier alpha value is -1.72. The first kappa shape index (κ1) is 15.2. The first-order valence-corrected chi connectivity index (χ1v) is 7.43. The molecule has 1 aliphatic carbocycles. The largest absolute Gasteiger partial charge is 0.469 e. The molecule has 2 aliphatic rings. The lowest BCUT2D eigenvalue weighted by atomic mass is 10.0. The molecule has 0 amide bonds. The Balaban J connectivity index is 1.80. The second-order valence-electron chi connectivity index (χ2n) is 6.25. The molecule has 1 aliphatic heterocycles. The van der Waals surface area contributed by atoms with E-state index in [1.165, 1.54) is 7.11 Å². The van der Waals surface area contributed by atoms with Crippen molar-refractivity contribution in [3.8, 4) is 0 Å². The van der Waals surface area contributed by atoms with E-state index in [4.69, 9.17) is 14.2 Å². The zero-order chi connectivity index (χ0) is 15.9. The van der Waals surface area contributed by atoms with Gasteiger partial charge < -0.3 is 14.2 Å². The number of hydrogen-bond donors (Lipinski definition) is 0. The number of Topliss-reactive ketones (excluding diaryl/α,β-unsaturated/α-hetero) is 1. The molecule has 2 fully saturated rings. The molecular weight excluding hydrogens is 284 g/mol. The predicted octanol–water partition coefficient (Wildman–Crippen LogP) is 2.06. The standard InChI is InChI=1S/C17H20O5/c1-17(2)21-9-11(22-17)12-13(14(12)16(19)20-3)15(18)10-7-5-4-6-8-10/h4-8,11-14H,9H2,1-3H3/t11-,12+,13+,14-/m0/s1. The van der Waals surface area contributed by atoms with E-state index in [9.17, 15) is 9.59 Å². The summed E-state index contributed by atoms with van der Waals surface area (Å²) in [6, 6.07) is 9.02. The van der Waals surface area contributed by atoms with Crippen molar-refractivity contribution < 1.29 is 23.8 Å². The van der Waals surface area contributed by atoms with Gasteiger partial charge in [0.1, 0.15) is 0 Å². The molecule has 5 nitrogen and oxygen atoms in total. The van der Waals surface area contributed by atoms with Gasteiger partial charge >= 0.3 is 5.97 Å². The van der Waals surface area contributed by atoms with Crippen LogP contribution in [0.2, 0.25) is 0 Å². The zero-order valence-electron chi connectivity index (χ0n) is 12.9. The summed E-state index contributed by atoms with van der Waals surface area (Å²) < 4.78 is 16.2. The third-order valence-electron chi connectivity index (χ3n) is 4.37. The fourth-order valence-corrected chi connectivity index (χ4v) is 3.27. The van der Waals surface area contributed by atoms with E-state index in [2.05, 4.69) is 0 Å². The Morgan fingerprint density at radius 2 is 1.86 bits per heavy atom. The van der Waals surface area contributed by atoms with Crippen LogP contribution in [-0.4, -0.2) is 37.4 Å². The van der Waals surface area contributed by atoms with Gasteiger partial charge in [0.05, 0.1) is 25.7 Å². The number of ether oxygens (including phenoxy) is 3. The molecular formula is C17H20O5. The van der Waals surface area contributed by atoms with Gasteiger partial charge in [0, 0.05) is 17.4 Å². The van der Waals surface area contributed by atoms with Crippen molar-refractivity contribution in [2.45, 2.75) is 25.7 Å². The van der Waals surface area contributed by atoms with Crippen molar-refractivity contribution in [3.05, 3.63) is 35.9 Å². The molecule has 1 aromatic carbocycles. The lowest BCUT2D eigenvalue weighted by Gasteiger charge is -2.17. The molecule has 22 heavy (non-hydrogen) atoms. The lowest BCUT2D eigenvalue weighted by Crippen LogP contribution is -2.23. The number of hydrogen-bond acceptors (Lipinski definition) is 5. The molecule has 0 N–H and O–H groups in total. The minimum Gasteiger partial charge on any atom is -0.469 e. The van der Waals surface area contributed by atoms with E-state index in [1.807, 2.05) is 32.0 Å². The maximum atomic E-state index is 12.7. The molecule has 0 unspecified atom stereocenters. The van der Waals surface area contributed by atoms with Gasteiger partial charge in [-0.25, -0.2) is 0 Å². The van der Waals surface area contributed by atoms with Crippen molar-refractivity contribution in [2.24, 2.45) is 17.8 Å². The molecule has 4 atom stereocenters. The van der Waals surface area contributed by atoms with Crippen LogP contribution in [0.5, 0.6) is 0 Å². The average Bonchev–Trinajstić information content (AvgIpc) is 3.16. The van der Waals surface area contributed by atoms with Crippen molar-refractivity contribution in [3.63, 3.8) is 0 Å². The Morgan fingerprint density at radius 3 is 2.41 bits per heavy atom. The number of esters is 1. The third kappa shape index (κ3) is 2.66. The number of carbonyl (C=O) groups is 2. The topological polar surface area (TPSA) is 61.8 Å². The molecule has 0 aromatic heterocycles. The Bertz CT molecular complexity index is 580. The second kappa shape index (κ2) is 5.48. The summed E-state index contributed by atoms with van der Waals surface area (Å²) in [5.41, 5.74) is 0.613. The number of benzene rings is 1.